The number of hydrogen-bond acceptors (Lipinski definition) is 2. The molecule has 1 N–H and O–H groups in total. The molecule has 0 radical (unpaired) electrons. The summed E-state index contributed by atoms with van der Waals surface area (Å²) in [6.07, 6.45) is 10.3. The van der Waals surface area contributed by atoms with Gasteiger partial charge in [-0.25, -0.2) is 0 Å². The zero-order valence-corrected chi connectivity index (χ0v) is 14.5. The van der Waals surface area contributed by atoms with Crippen molar-refractivity contribution >= 4 is 0 Å². The van der Waals surface area contributed by atoms with Crippen molar-refractivity contribution in [3.63, 3.8) is 0 Å². The summed E-state index contributed by atoms with van der Waals surface area (Å²) in [5.41, 5.74) is 1.82. The van der Waals surface area contributed by atoms with Crippen LogP contribution >= 0.6 is 0 Å². The standard InChI is InChI=1S/C19H34N2/c1-5-16-10-21(14(2)9-20-16)19-8-15-6-17(3,12-19)11-18(4,7-15)13-19/h14-16,20H,5-13H2,1-4H3. The summed E-state index contributed by atoms with van der Waals surface area (Å²) in [6.45, 7) is 12.5. The van der Waals surface area contributed by atoms with Crippen molar-refractivity contribution in [3.05, 3.63) is 0 Å². The fourth-order valence-corrected chi connectivity index (χ4v) is 7.57. The Balaban J connectivity index is 1.67. The molecule has 4 saturated carbocycles. The van der Waals surface area contributed by atoms with Crippen LogP contribution in [0.5, 0.6) is 0 Å². The lowest BCUT2D eigenvalue weighted by Gasteiger charge is -2.69. The van der Waals surface area contributed by atoms with Gasteiger partial charge in [-0.3, -0.25) is 4.90 Å². The number of piperazine rings is 1. The van der Waals surface area contributed by atoms with Crippen molar-refractivity contribution < 1.29 is 0 Å². The molecular weight excluding hydrogens is 256 g/mol. The predicted octanol–water partition coefficient (Wildman–Crippen LogP) is 3.81. The van der Waals surface area contributed by atoms with Crippen LogP contribution in [0.1, 0.15) is 72.6 Å². The molecule has 0 aromatic carbocycles. The number of hydrogen-bond donors (Lipinski definition) is 1. The van der Waals surface area contributed by atoms with Crippen molar-refractivity contribution in [1.82, 2.24) is 10.2 Å². The molecule has 4 bridgehead atoms. The zero-order chi connectivity index (χ0) is 14.9. The summed E-state index contributed by atoms with van der Waals surface area (Å²) in [7, 11) is 0. The van der Waals surface area contributed by atoms with Crippen molar-refractivity contribution in [2.45, 2.75) is 90.3 Å². The van der Waals surface area contributed by atoms with Gasteiger partial charge in [-0.1, -0.05) is 20.8 Å². The minimum atomic E-state index is 0.540. The molecule has 5 fully saturated rings. The topological polar surface area (TPSA) is 15.3 Å². The first-order chi connectivity index (χ1) is 9.85. The highest BCUT2D eigenvalue weighted by molar-refractivity contribution is 5.16. The fraction of sp³-hybridized carbons (Fsp3) is 1.00. The van der Waals surface area contributed by atoms with E-state index in [2.05, 4.69) is 37.9 Å². The van der Waals surface area contributed by atoms with Crippen LogP contribution in [-0.2, 0) is 0 Å². The van der Waals surface area contributed by atoms with Gasteiger partial charge in [-0.15, -0.1) is 0 Å². The van der Waals surface area contributed by atoms with Crippen molar-refractivity contribution in [2.24, 2.45) is 16.7 Å². The summed E-state index contributed by atoms with van der Waals surface area (Å²) in [5.74, 6) is 1.01. The Bertz CT molecular complexity index is 413. The monoisotopic (exact) mass is 290 g/mol. The molecular formula is C19H34N2. The molecule has 1 heterocycles. The van der Waals surface area contributed by atoms with Crippen LogP contribution in [0.25, 0.3) is 0 Å². The first kappa shape index (κ1) is 14.5. The van der Waals surface area contributed by atoms with Crippen LogP contribution in [0, 0.1) is 16.7 Å². The zero-order valence-electron chi connectivity index (χ0n) is 14.5. The maximum absolute atomic E-state index is 3.76. The second-order valence-electron chi connectivity index (χ2n) is 9.87. The quantitative estimate of drug-likeness (QED) is 0.832. The second kappa shape index (κ2) is 4.47. The maximum Gasteiger partial charge on any atom is 0.0226 e. The van der Waals surface area contributed by atoms with Gasteiger partial charge in [-0.05, 0) is 68.6 Å². The van der Waals surface area contributed by atoms with Gasteiger partial charge >= 0.3 is 0 Å². The first-order valence-corrected chi connectivity index (χ1v) is 9.36. The average Bonchev–Trinajstić information content (AvgIpc) is 2.34. The number of nitrogens with zero attached hydrogens (tertiary/aromatic N) is 1. The molecule has 21 heavy (non-hydrogen) atoms. The highest BCUT2D eigenvalue weighted by atomic mass is 15.3. The van der Waals surface area contributed by atoms with Gasteiger partial charge in [0.15, 0.2) is 0 Å². The van der Waals surface area contributed by atoms with Crippen LogP contribution in [0.4, 0.5) is 0 Å². The third kappa shape index (κ3) is 2.20. The van der Waals surface area contributed by atoms with E-state index in [0.717, 1.165) is 18.0 Å². The maximum atomic E-state index is 3.76. The average molecular weight is 290 g/mol. The minimum Gasteiger partial charge on any atom is -0.311 e. The van der Waals surface area contributed by atoms with E-state index >= 15 is 0 Å². The second-order valence-corrected chi connectivity index (χ2v) is 9.87. The normalized spacial score (nSPS) is 56.9. The summed E-state index contributed by atoms with van der Waals surface area (Å²) in [4.78, 5) is 2.97. The molecule has 5 aliphatic rings. The Hall–Kier alpha value is -0.0800. The van der Waals surface area contributed by atoms with Gasteiger partial charge in [0.25, 0.3) is 0 Å². The summed E-state index contributed by atoms with van der Waals surface area (Å²) < 4.78 is 0. The van der Waals surface area contributed by atoms with Gasteiger partial charge in [0.1, 0.15) is 0 Å². The molecule has 1 aliphatic heterocycles. The lowest BCUT2D eigenvalue weighted by Crippen LogP contribution is -2.70. The van der Waals surface area contributed by atoms with Crippen molar-refractivity contribution in [2.75, 3.05) is 13.1 Å². The van der Waals surface area contributed by atoms with Crippen LogP contribution < -0.4 is 5.32 Å². The minimum absolute atomic E-state index is 0.540. The van der Waals surface area contributed by atoms with Crippen molar-refractivity contribution in [3.8, 4) is 0 Å². The molecule has 0 spiro atoms. The fourth-order valence-electron chi connectivity index (χ4n) is 7.57. The largest absolute Gasteiger partial charge is 0.311 e. The Kier molecular flexibility index (Phi) is 3.09. The van der Waals surface area contributed by atoms with E-state index in [-0.39, 0.29) is 0 Å². The molecule has 4 unspecified atom stereocenters. The van der Waals surface area contributed by atoms with Gasteiger partial charge in [0.2, 0.25) is 0 Å². The molecule has 2 nitrogen and oxygen atoms in total. The van der Waals surface area contributed by atoms with E-state index in [1.54, 1.807) is 0 Å². The Labute approximate surface area is 131 Å². The molecule has 0 aromatic rings. The van der Waals surface area contributed by atoms with Crippen molar-refractivity contribution in [1.29, 1.82) is 0 Å². The van der Waals surface area contributed by atoms with E-state index in [4.69, 9.17) is 0 Å². The molecule has 1 saturated heterocycles. The smallest absolute Gasteiger partial charge is 0.0226 e. The molecule has 0 aromatic heterocycles. The third-order valence-corrected chi connectivity index (χ3v) is 7.35. The molecule has 2 heteroatoms. The van der Waals surface area contributed by atoms with Gasteiger partial charge in [0.05, 0.1) is 0 Å². The van der Waals surface area contributed by atoms with E-state index in [0.29, 0.717) is 16.4 Å². The number of rotatable bonds is 2. The van der Waals surface area contributed by atoms with E-state index in [9.17, 15) is 0 Å². The van der Waals surface area contributed by atoms with E-state index < -0.39 is 0 Å². The molecule has 5 rings (SSSR count). The first-order valence-electron chi connectivity index (χ1n) is 9.36. The van der Waals surface area contributed by atoms with Crippen LogP contribution in [0.3, 0.4) is 0 Å². The summed E-state index contributed by atoms with van der Waals surface area (Å²) in [5, 5.41) is 3.76. The summed E-state index contributed by atoms with van der Waals surface area (Å²) >= 11 is 0. The van der Waals surface area contributed by atoms with E-state index in [1.165, 1.54) is 58.0 Å². The highest BCUT2D eigenvalue weighted by Gasteiger charge is 2.62. The van der Waals surface area contributed by atoms with Gasteiger partial charge in [-0.2, -0.15) is 0 Å². The van der Waals surface area contributed by atoms with Gasteiger partial charge < -0.3 is 5.32 Å². The van der Waals surface area contributed by atoms with Crippen LogP contribution in [-0.4, -0.2) is 35.6 Å². The van der Waals surface area contributed by atoms with Crippen LogP contribution in [0.15, 0.2) is 0 Å². The number of nitrogens with one attached hydrogen (secondary N) is 1. The SMILES string of the molecule is CCC1CN(C23CC4CC(C)(CC(C)(C4)C2)C3)C(C)CN1. The predicted molar refractivity (Wildman–Crippen MR) is 88.4 cm³/mol. The van der Waals surface area contributed by atoms with Crippen LogP contribution in [0.2, 0.25) is 0 Å². The Morgan fingerprint density at radius 1 is 1.05 bits per heavy atom. The Morgan fingerprint density at radius 3 is 2.29 bits per heavy atom. The third-order valence-electron chi connectivity index (χ3n) is 7.35. The molecule has 120 valence electrons. The molecule has 4 aliphatic carbocycles. The summed E-state index contributed by atoms with van der Waals surface area (Å²) in [6, 6.07) is 1.44. The van der Waals surface area contributed by atoms with E-state index in [1.807, 2.05) is 0 Å². The molecule has 4 atom stereocenters. The molecule has 0 amide bonds. The van der Waals surface area contributed by atoms with Gasteiger partial charge in [0, 0.05) is 30.7 Å². The lowest BCUT2D eigenvalue weighted by atomic mass is 9.42. The highest BCUT2D eigenvalue weighted by Crippen LogP contribution is 2.67. The Morgan fingerprint density at radius 2 is 1.71 bits per heavy atom. The lowest BCUT2D eigenvalue weighted by molar-refractivity contribution is -0.175.